The molecular weight excluding hydrogens is 322 g/mol. The van der Waals surface area contributed by atoms with Crippen LogP contribution in [0.1, 0.15) is 41.5 Å². The highest BCUT2D eigenvalue weighted by molar-refractivity contribution is 5.80. The minimum atomic E-state index is 0.548. The minimum absolute atomic E-state index is 0.548. The second-order valence-electron chi connectivity index (χ2n) is 7.29. The molecule has 1 aliphatic heterocycles. The van der Waals surface area contributed by atoms with Crippen LogP contribution in [0.15, 0.2) is 35.6 Å². The third-order valence-electron chi connectivity index (χ3n) is 5.16. The quantitative estimate of drug-likeness (QED) is 0.664. The summed E-state index contributed by atoms with van der Waals surface area (Å²) in [6.07, 6.45) is 6.28. The van der Waals surface area contributed by atoms with Crippen LogP contribution in [0, 0.1) is 13.8 Å². The average molecular weight is 354 g/mol. The van der Waals surface area contributed by atoms with Gasteiger partial charge in [-0.1, -0.05) is 23.8 Å². The first-order valence-electron chi connectivity index (χ1n) is 9.64. The van der Waals surface area contributed by atoms with Crippen LogP contribution in [-0.4, -0.2) is 46.8 Å². The minimum Gasteiger partial charge on any atom is -0.357 e. The molecule has 2 aromatic rings. The Balaban J connectivity index is 1.62. The molecule has 0 amide bonds. The monoisotopic (exact) mass is 353 g/mol. The zero-order valence-corrected chi connectivity index (χ0v) is 16.5. The molecule has 1 atom stereocenters. The zero-order valence-electron chi connectivity index (χ0n) is 16.5. The van der Waals surface area contributed by atoms with E-state index in [1.165, 1.54) is 22.3 Å². The average Bonchev–Trinajstić information content (AvgIpc) is 3.25. The highest BCUT2D eigenvalue weighted by atomic mass is 15.3. The summed E-state index contributed by atoms with van der Waals surface area (Å²) in [6.45, 7) is 10.3. The molecular formula is C21H31N5. The number of likely N-dealkylation sites (tertiary alicyclic amines) is 1. The van der Waals surface area contributed by atoms with Crippen LogP contribution >= 0.6 is 0 Å². The van der Waals surface area contributed by atoms with Crippen molar-refractivity contribution in [1.29, 1.82) is 0 Å². The number of guanidine groups is 1. The number of aryl methyl sites for hydroxylation is 3. The summed E-state index contributed by atoms with van der Waals surface area (Å²) >= 11 is 0. The van der Waals surface area contributed by atoms with Crippen LogP contribution in [0.4, 0.5) is 0 Å². The lowest BCUT2D eigenvalue weighted by Crippen LogP contribution is -2.40. The smallest absolute Gasteiger partial charge is 0.193 e. The first-order valence-corrected chi connectivity index (χ1v) is 9.64. The molecule has 1 N–H and O–H groups in total. The van der Waals surface area contributed by atoms with Crippen molar-refractivity contribution in [3.63, 3.8) is 0 Å². The molecule has 0 spiro atoms. The van der Waals surface area contributed by atoms with E-state index >= 15 is 0 Å². The molecule has 0 aliphatic carbocycles. The second kappa shape index (κ2) is 8.39. The topological polar surface area (TPSA) is 45.5 Å². The number of rotatable bonds is 5. The third-order valence-corrected chi connectivity index (χ3v) is 5.16. The Bertz CT molecular complexity index is 762. The van der Waals surface area contributed by atoms with Crippen molar-refractivity contribution in [1.82, 2.24) is 20.0 Å². The van der Waals surface area contributed by atoms with Gasteiger partial charge >= 0.3 is 0 Å². The van der Waals surface area contributed by atoms with E-state index in [0.717, 1.165) is 45.0 Å². The van der Waals surface area contributed by atoms with Gasteiger partial charge in [-0.2, -0.15) is 5.10 Å². The summed E-state index contributed by atoms with van der Waals surface area (Å²) in [4.78, 5) is 7.29. The lowest BCUT2D eigenvalue weighted by atomic mass is 10.0. The van der Waals surface area contributed by atoms with E-state index in [-0.39, 0.29) is 0 Å². The molecule has 1 fully saturated rings. The van der Waals surface area contributed by atoms with Crippen molar-refractivity contribution in [3.8, 4) is 0 Å². The van der Waals surface area contributed by atoms with Gasteiger partial charge in [0.1, 0.15) is 0 Å². The Morgan fingerprint density at radius 3 is 2.88 bits per heavy atom. The summed E-state index contributed by atoms with van der Waals surface area (Å²) < 4.78 is 1.89. The summed E-state index contributed by atoms with van der Waals surface area (Å²) in [5.41, 5.74) is 5.41. The van der Waals surface area contributed by atoms with E-state index in [0.29, 0.717) is 5.92 Å². The molecule has 140 valence electrons. The van der Waals surface area contributed by atoms with Crippen molar-refractivity contribution in [2.75, 3.05) is 26.2 Å². The maximum absolute atomic E-state index is 4.90. The van der Waals surface area contributed by atoms with Crippen LogP contribution in [0.3, 0.4) is 0 Å². The van der Waals surface area contributed by atoms with Gasteiger partial charge in [0.15, 0.2) is 5.96 Å². The first kappa shape index (κ1) is 18.5. The number of nitrogens with zero attached hydrogens (tertiary/aromatic N) is 4. The van der Waals surface area contributed by atoms with E-state index < -0.39 is 0 Å². The predicted molar refractivity (Wildman–Crippen MR) is 108 cm³/mol. The van der Waals surface area contributed by atoms with Crippen molar-refractivity contribution in [2.24, 2.45) is 12.0 Å². The fourth-order valence-electron chi connectivity index (χ4n) is 3.71. The number of nitrogens with one attached hydrogen (secondary N) is 1. The molecule has 5 heteroatoms. The zero-order chi connectivity index (χ0) is 18.5. The first-order chi connectivity index (χ1) is 12.6. The Kier molecular flexibility index (Phi) is 5.96. The number of aromatic nitrogens is 2. The Labute approximate surface area is 157 Å². The van der Waals surface area contributed by atoms with Gasteiger partial charge in [-0.3, -0.25) is 9.67 Å². The van der Waals surface area contributed by atoms with E-state index in [2.05, 4.69) is 60.5 Å². The highest BCUT2D eigenvalue weighted by Gasteiger charge is 2.26. The fourth-order valence-corrected chi connectivity index (χ4v) is 3.71. The summed E-state index contributed by atoms with van der Waals surface area (Å²) in [7, 11) is 1.98. The molecule has 0 saturated carbocycles. The number of aliphatic imine (C=N–C) groups is 1. The largest absolute Gasteiger partial charge is 0.357 e. The standard InChI is InChI=1S/C21H31N5/c1-5-22-21(23-10-8-18-7-6-16(2)12-17(18)3)26-11-9-19(15-26)20-13-24-25(4)14-20/h6-7,12-14,19H,5,8-11,15H2,1-4H3,(H,22,23). The van der Waals surface area contributed by atoms with E-state index in [1.54, 1.807) is 0 Å². The van der Waals surface area contributed by atoms with Crippen molar-refractivity contribution < 1.29 is 0 Å². The molecule has 1 aromatic carbocycles. The van der Waals surface area contributed by atoms with Crippen molar-refractivity contribution >= 4 is 5.96 Å². The molecule has 0 radical (unpaired) electrons. The fraction of sp³-hybridized carbons (Fsp3) is 0.524. The molecule has 1 aliphatic rings. The van der Waals surface area contributed by atoms with Gasteiger partial charge in [-0.05, 0) is 50.3 Å². The van der Waals surface area contributed by atoms with Crippen molar-refractivity contribution in [2.45, 2.75) is 39.5 Å². The molecule has 1 saturated heterocycles. The second-order valence-corrected chi connectivity index (χ2v) is 7.29. The summed E-state index contributed by atoms with van der Waals surface area (Å²) in [5, 5.41) is 7.78. The van der Waals surface area contributed by atoms with E-state index in [1.807, 2.05) is 17.9 Å². The van der Waals surface area contributed by atoms with Gasteiger partial charge in [-0.25, -0.2) is 0 Å². The van der Waals surface area contributed by atoms with Crippen molar-refractivity contribution in [3.05, 3.63) is 52.8 Å². The molecule has 0 bridgehead atoms. The SMILES string of the molecule is CCNC(=NCCc1ccc(C)cc1C)N1CCC(c2cnn(C)c2)C1. The molecule has 2 heterocycles. The van der Waals surface area contributed by atoms with Gasteiger partial charge in [0.2, 0.25) is 0 Å². The lowest BCUT2D eigenvalue weighted by Gasteiger charge is -2.21. The van der Waals surface area contributed by atoms with E-state index in [9.17, 15) is 0 Å². The molecule has 3 rings (SSSR count). The van der Waals surface area contributed by atoms with Gasteiger partial charge in [0, 0.05) is 45.3 Å². The Hall–Kier alpha value is -2.30. The van der Waals surface area contributed by atoms with Crippen LogP contribution in [-0.2, 0) is 13.5 Å². The van der Waals surface area contributed by atoms with E-state index in [4.69, 9.17) is 4.99 Å². The van der Waals surface area contributed by atoms with Crippen LogP contribution in [0.5, 0.6) is 0 Å². The number of hydrogen-bond acceptors (Lipinski definition) is 2. The molecule has 26 heavy (non-hydrogen) atoms. The van der Waals surface area contributed by atoms with Crippen LogP contribution in [0.25, 0.3) is 0 Å². The Morgan fingerprint density at radius 2 is 2.19 bits per heavy atom. The molecule has 1 aromatic heterocycles. The maximum atomic E-state index is 4.90. The normalized spacial score (nSPS) is 17.8. The Morgan fingerprint density at radius 1 is 1.35 bits per heavy atom. The van der Waals surface area contributed by atoms with Crippen LogP contribution in [0.2, 0.25) is 0 Å². The predicted octanol–water partition coefficient (Wildman–Crippen LogP) is 3.03. The number of hydrogen-bond donors (Lipinski definition) is 1. The summed E-state index contributed by atoms with van der Waals surface area (Å²) in [6, 6.07) is 6.68. The van der Waals surface area contributed by atoms with Gasteiger partial charge in [0.25, 0.3) is 0 Å². The number of benzene rings is 1. The van der Waals surface area contributed by atoms with Crippen LogP contribution < -0.4 is 5.32 Å². The maximum Gasteiger partial charge on any atom is 0.193 e. The van der Waals surface area contributed by atoms with Gasteiger partial charge in [-0.15, -0.1) is 0 Å². The summed E-state index contributed by atoms with van der Waals surface area (Å²) in [5.74, 6) is 1.59. The van der Waals surface area contributed by atoms with Gasteiger partial charge in [0.05, 0.1) is 6.20 Å². The molecule has 1 unspecified atom stereocenters. The van der Waals surface area contributed by atoms with Gasteiger partial charge < -0.3 is 10.2 Å². The molecule has 5 nitrogen and oxygen atoms in total. The highest BCUT2D eigenvalue weighted by Crippen LogP contribution is 2.26. The third kappa shape index (κ3) is 4.45. The lowest BCUT2D eigenvalue weighted by molar-refractivity contribution is 0.486.